The maximum absolute atomic E-state index is 12.3. The van der Waals surface area contributed by atoms with Crippen LogP contribution in [0.4, 0.5) is 10.8 Å². The van der Waals surface area contributed by atoms with Gasteiger partial charge in [-0.3, -0.25) is 20.2 Å². The fourth-order valence-corrected chi connectivity index (χ4v) is 3.33. The molecule has 9 heteroatoms. The number of nitro benzene ring substituents is 1. The average Bonchev–Trinajstić information content (AvgIpc) is 3.16. The van der Waals surface area contributed by atoms with Crippen LogP contribution in [0.25, 0.3) is 0 Å². The Morgan fingerprint density at radius 1 is 1.22 bits per heavy atom. The molecule has 1 aromatic heterocycles. The summed E-state index contributed by atoms with van der Waals surface area (Å²) in [5.41, 5.74) is 0.685. The molecule has 0 aliphatic carbocycles. The zero-order valence-electron chi connectivity index (χ0n) is 13.8. The molecule has 2 aromatic carbocycles. The molecule has 1 atom stereocenters. The summed E-state index contributed by atoms with van der Waals surface area (Å²) >= 11 is 1.25. The van der Waals surface area contributed by atoms with Gasteiger partial charge in [0.05, 0.1) is 10.6 Å². The number of nitrogens with one attached hydrogen (secondary N) is 1. The minimum absolute atomic E-state index is 0.145. The van der Waals surface area contributed by atoms with Crippen LogP contribution in [0.1, 0.15) is 22.2 Å². The maximum Gasteiger partial charge on any atom is 0.270 e. The predicted molar refractivity (Wildman–Crippen MR) is 98.5 cm³/mol. The molecule has 1 amide bonds. The Morgan fingerprint density at radius 2 is 2.04 bits per heavy atom. The van der Waals surface area contributed by atoms with Crippen LogP contribution in [0.15, 0.2) is 53.9 Å². The first-order valence-corrected chi connectivity index (χ1v) is 8.88. The van der Waals surface area contributed by atoms with Gasteiger partial charge in [0.25, 0.3) is 11.6 Å². The van der Waals surface area contributed by atoms with Gasteiger partial charge >= 0.3 is 0 Å². The molecule has 0 bridgehead atoms. The molecule has 0 saturated carbocycles. The Balaban J connectivity index is 1.46. The highest BCUT2D eigenvalue weighted by molar-refractivity contribution is 7.14. The lowest BCUT2D eigenvalue weighted by Crippen LogP contribution is -2.22. The van der Waals surface area contributed by atoms with Gasteiger partial charge in [0.2, 0.25) is 0 Å². The number of benzene rings is 2. The van der Waals surface area contributed by atoms with Gasteiger partial charge in [0, 0.05) is 23.1 Å². The molecule has 8 nitrogen and oxygen atoms in total. The second kappa shape index (κ2) is 7.04. The van der Waals surface area contributed by atoms with Crippen molar-refractivity contribution in [1.82, 2.24) is 4.98 Å². The van der Waals surface area contributed by atoms with Crippen molar-refractivity contribution in [3.8, 4) is 11.5 Å². The van der Waals surface area contributed by atoms with Gasteiger partial charge in [-0.2, -0.15) is 0 Å². The molecule has 0 unspecified atom stereocenters. The molecular weight excluding hydrogens is 370 g/mol. The number of ether oxygens (including phenoxy) is 2. The van der Waals surface area contributed by atoms with Crippen LogP contribution in [-0.2, 0) is 0 Å². The van der Waals surface area contributed by atoms with E-state index >= 15 is 0 Å². The Hall–Kier alpha value is -3.46. The number of nitro groups is 1. The number of aromatic nitrogens is 1. The standard InChI is InChI=1S/C18H13N3O5S/c22-17(11-4-3-5-12(8-11)21(23)24)20-18-19-13(10-27-18)16-9-25-14-6-1-2-7-15(14)26-16/h1-8,10,16H,9H2,(H,19,20,22)/t16-/m1/s1. The van der Waals surface area contributed by atoms with E-state index in [1.807, 2.05) is 24.3 Å². The predicted octanol–water partition coefficient (Wildman–Crippen LogP) is 3.82. The number of thiazole rings is 1. The number of carbonyl (C=O) groups is 1. The van der Waals surface area contributed by atoms with Gasteiger partial charge in [0.1, 0.15) is 6.61 Å². The molecule has 3 aromatic rings. The fourth-order valence-electron chi connectivity index (χ4n) is 2.59. The third-order valence-electron chi connectivity index (χ3n) is 3.90. The number of anilines is 1. The van der Waals surface area contributed by atoms with Crippen LogP contribution < -0.4 is 14.8 Å². The summed E-state index contributed by atoms with van der Waals surface area (Å²) in [5.74, 6) is 0.859. The van der Waals surface area contributed by atoms with Crippen LogP contribution in [0, 0.1) is 10.1 Å². The van der Waals surface area contributed by atoms with Crippen molar-refractivity contribution in [2.75, 3.05) is 11.9 Å². The highest BCUT2D eigenvalue weighted by atomic mass is 32.1. The Morgan fingerprint density at radius 3 is 2.85 bits per heavy atom. The van der Waals surface area contributed by atoms with Gasteiger partial charge in [0.15, 0.2) is 22.7 Å². The van der Waals surface area contributed by atoms with Crippen LogP contribution in [0.5, 0.6) is 11.5 Å². The van der Waals surface area contributed by atoms with Crippen LogP contribution >= 0.6 is 11.3 Å². The molecule has 0 spiro atoms. The first-order valence-electron chi connectivity index (χ1n) is 8.00. The van der Waals surface area contributed by atoms with E-state index < -0.39 is 10.8 Å². The first kappa shape index (κ1) is 17.0. The smallest absolute Gasteiger partial charge is 0.270 e. The number of rotatable bonds is 4. The van der Waals surface area contributed by atoms with Crippen molar-refractivity contribution in [1.29, 1.82) is 0 Å². The summed E-state index contributed by atoms with van der Waals surface area (Å²) in [5, 5.41) is 15.7. The minimum Gasteiger partial charge on any atom is -0.485 e. The number of nitrogens with zero attached hydrogens (tertiary/aromatic N) is 2. The van der Waals surface area contributed by atoms with Crippen molar-refractivity contribution in [3.63, 3.8) is 0 Å². The summed E-state index contributed by atoms with van der Waals surface area (Å²) in [6.45, 7) is 0.318. The van der Waals surface area contributed by atoms with Gasteiger partial charge in [-0.05, 0) is 18.2 Å². The summed E-state index contributed by atoms with van der Waals surface area (Å²) in [4.78, 5) is 27.0. The van der Waals surface area contributed by atoms with Gasteiger partial charge in [-0.15, -0.1) is 11.3 Å². The number of fused-ring (bicyclic) bond motifs is 1. The number of para-hydroxylation sites is 2. The van der Waals surface area contributed by atoms with E-state index in [9.17, 15) is 14.9 Å². The van der Waals surface area contributed by atoms with E-state index in [1.54, 1.807) is 5.38 Å². The van der Waals surface area contributed by atoms with Crippen molar-refractivity contribution >= 4 is 28.1 Å². The normalized spacial score (nSPS) is 15.2. The number of carbonyl (C=O) groups excluding carboxylic acids is 1. The topological polar surface area (TPSA) is 104 Å². The second-order valence-corrected chi connectivity index (χ2v) is 6.56. The summed E-state index contributed by atoms with van der Waals surface area (Å²) in [6, 6.07) is 12.9. The van der Waals surface area contributed by atoms with Crippen molar-refractivity contribution < 1.29 is 19.2 Å². The van der Waals surface area contributed by atoms with Gasteiger partial charge < -0.3 is 9.47 Å². The summed E-state index contributed by atoms with van der Waals surface area (Å²) < 4.78 is 11.6. The minimum atomic E-state index is -0.545. The highest BCUT2D eigenvalue weighted by Crippen LogP contribution is 2.36. The molecule has 1 N–H and O–H groups in total. The molecule has 136 valence electrons. The summed E-state index contributed by atoms with van der Waals surface area (Å²) in [7, 11) is 0. The molecular formula is C18H13N3O5S. The Bertz CT molecular complexity index is 1020. The van der Waals surface area contributed by atoms with Crippen LogP contribution in [0.2, 0.25) is 0 Å². The zero-order chi connectivity index (χ0) is 18.8. The number of amides is 1. The summed E-state index contributed by atoms with van der Waals surface area (Å²) in [6.07, 6.45) is -0.375. The zero-order valence-corrected chi connectivity index (χ0v) is 14.6. The molecule has 0 fully saturated rings. The quantitative estimate of drug-likeness (QED) is 0.543. The lowest BCUT2D eigenvalue weighted by Gasteiger charge is -2.25. The van der Waals surface area contributed by atoms with Crippen LogP contribution in [-0.4, -0.2) is 22.4 Å². The average molecular weight is 383 g/mol. The SMILES string of the molecule is O=C(Nc1nc([C@H]2COc3ccccc3O2)cs1)c1cccc([N+](=O)[O-])c1. The molecule has 1 aliphatic heterocycles. The molecule has 0 radical (unpaired) electrons. The van der Waals surface area contributed by atoms with Gasteiger partial charge in [-0.25, -0.2) is 4.98 Å². The highest BCUT2D eigenvalue weighted by Gasteiger charge is 2.25. The Labute approximate surface area is 157 Å². The molecule has 27 heavy (non-hydrogen) atoms. The van der Waals surface area contributed by atoms with Gasteiger partial charge in [-0.1, -0.05) is 18.2 Å². The van der Waals surface area contributed by atoms with E-state index in [0.717, 1.165) is 0 Å². The number of hydrogen-bond acceptors (Lipinski definition) is 7. The maximum atomic E-state index is 12.3. The second-order valence-electron chi connectivity index (χ2n) is 5.70. The molecule has 0 saturated heterocycles. The molecule has 4 rings (SSSR count). The third-order valence-corrected chi connectivity index (χ3v) is 4.68. The van der Waals surface area contributed by atoms with Crippen molar-refractivity contribution in [2.24, 2.45) is 0 Å². The van der Waals surface area contributed by atoms with E-state index in [0.29, 0.717) is 28.9 Å². The molecule has 1 aliphatic rings. The van der Waals surface area contributed by atoms with E-state index in [2.05, 4.69) is 10.3 Å². The lowest BCUT2D eigenvalue weighted by atomic mass is 10.2. The van der Waals surface area contributed by atoms with Crippen molar-refractivity contribution in [2.45, 2.75) is 6.10 Å². The number of non-ortho nitro benzene ring substituents is 1. The largest absolute Gasteiger partial charge is 0.485 e. The lowest BCUT2D eigenvalue weighted by molar-refractivity contribution is -0.384. The third kappa shape index (κ3) is 3.58. The molecule has 2 heterocycles. The van der Waals surface area contributed by atoms with E-state index in [-0.39, 0.29) is 17.4 Å². The first-order chi connectivity index (χ1) is 13.1. The fraction of sp³-hybridized carbons (Fsp3) is 0.111. The van der Waals surface area contributed by atoms with E-state index in [4.69, 9.17) is 9.47 Å². The van der Waals surface area contributed by atoms with Crippen LogP contribution in [0.3, 0.4) is 0 Å². The monoisotopic (exact) mass is 383 g/mol. The van der Waals surface area contributed by atoms with Crippen molar-refractivity contribution in [3.05, 3.63) is 75.3 Å². The van der Waals surface area contributed by atoms with E-state index in [1.165, 1.54) is 35.6 Å². The number of hydrogen-bond donors (Lipinski definition) is 1. The Kier molecular flexibility index (Phi) is 4.43.